The van der Waals surface area contributed by atoms with Crippen LogP contribution in [0.3, 0.4) is 0 Å². The summed E-state index contributed by atoms with van der Waals surface area (Å²) in [6.07, 6.45) is -0.148. The number of carboxylic acid groups (broad SMARTS) is 1. The van der Waals surface area contributed by atoms with E-state index in [-0.39, 0.29) is 12.3 Å². The molecule has 6 heteroatoms. The first-order chi connectivity index (χ1) is 9.47. The summed E-state index contributed by atoms with van der Waals surface area (Å²) in [5.41, 5.74) is 1.03. The number of benzene rings is 1. The lowest BCUT2D eigenvalue weighted by molar-refractivity contribution is -0.149. The third kappa shape index (κ3) is 3.58. The average molecular weight is 341 g/mol. The van der Waals surface area contributed by atoms with Crippen molar-refractivity contribution in [3.63, 3.8) is 0 Å². The summed E-state index contributed by atoms with van der Waals surface area (Å²) in [6.45, 7) is 1.83. The number of halogens is 1. The highest BCUT2D eigenvalue weighted by Crippen LogP contribution is 2.18. The van der Waals surface area contributed by atoms with E-state index in [0.29, 0.717) is 19.6 Å². The number of hydrogen-bond donors (Lipinski definition) is 1. The molecule has 0 spiro atoms. The van der Waals surface area contributed by atoms with Crippen molar-refractivity contribution in [2.45, 2.75) is 19.0 Å². The van der Waals surface area contributed by atoms with Crippen molar-refractivity contribution in [1.82, 2.24) is 9.80 Å². The molecule has 0 radical (unpaired) electrons. The van der Waals surface area contributed by atoms with Crippen LogP contribution in [0.1, 0.15) is 12.0 Å². The maximum Gasteiger partial charge on any atom is 0.305 e. The molecule has 1 fully saturated rings. The second kappa shape index (κ2) is 6.37. The summed E-state index contributed by atoms with van der Waals surface area (Å²) < 4.78 is 0.971. The van der Waals surface area contributed by atoms with Crippen LogP contribution < -0.4 is 0 Å². The molecule has 0 saturated carbocycles. The molecule has 1 amide bonds. The molecule has 0 aromatic heterocycles. The highest BCUT2D eigenvalue weighted by atomic mass is 79.9. The van der Waals surface area contributed by atoms with Gasteiger partial charge in [0, 0.05) is 24.1 Å². The quantitative estimate of drug-likeness (QED) is 0.903. The van der Waals surface area contributed by atoms with E-state index in [1.807, 2.05) is 29.2 Å². The molecule has 0 bridgehead atoms. The van der Waals surface area contributed by atoms with Crippen LogP contribution in [0.25, 0.3) is 0 Å². The molecule has 1 aromatic rings. The number of likely N-dealkylation sites (N-methyl/N-ethyl adjacent to an activating group) is 1. The summed E-state index contributed by atoms with van der Waals surface area (Å²) >= 11 is 3.41. The number of nitrogens with zero attached hydrogens (tertiary/aromatic N) is 2. The fraction of sp³-hybridized carbons (Fsp3) is 0.429. The summed E-state index contributed by atoms with van der Waals surface area (Å²) in [6, 6.07) is 7.23. The zero-order valence-electron chi connectivity index (χ0n) is 11.3. The Morgan fingerprint density at radius 2 is 2.20 bits per heavy atom. The van der Waals surface area contributed by atoms with E-state index in [0.717, 1.165) is 10.0 Å². The van der Waals surface area contributed by atoms with Gasteiger partial charge in [-0.2, -0.15) is 0 Å². The molecule has 2 rings (SSSR count). The van der Waals surface area contributed by atoms with Gasteiger partial charge >= 0.3 is 5.97 Å². The molecule has 1 saturated heterocycles. The van der Waals surface area contributed by atoms with Crippen molar-refractivity contribution in [1.29, 1.82) is 0 Å². The first-order valence-electron chi connectivity index (χ1n) is 6.42. The van der Waals surface area contributed by atoms with Gasteiger partial charge in [0.2, 0.25) is 5.91 Å². The van der Waals surface area contributed by atoms with Gasteiger partial charge in [-0.25, -0.2) is 0 Å². The second-order valence-electron chi connectivity index (χ2n) is 4.98. The topological polar surface area (TPSA) is 60.9 Å². The predicted molar refractivity (Wildman–Crippen MR) is 78.2 cm³/mol. The summed E-state index contributed by atoms with van der Waals surface area (Å²) in [4.78, 5) is 26.8. The molecule has 1 heterocycles. The van der Waals surface area contributed by atoms with Crippen LogP contribution in [-0.4, -0.2) is 53.0 Å². The van der Waals surface area contributed by atoms with Crippen LogP contribution in [0.15, 0.2) is 28.7 Å². The van der Waals surface area contributed by atoms with E-state index in [4.69, 9.17) is 5.11 Å². The van der Waals surface area contributed by atoms with E-state index in [1.165, 1.54) is 0 Å². The first-order valence-corrected chi connectivity index (χ1v) is 7.22. The highest BCUT2D eigenvalue weighted by Gasteiger charge is 2.34. The molecule has 1 aliphatic rings. The lowest BCUT2D eigenvalue weighted by Gasteiger charge is -2.38. The molecule has 1 N–H and O–H groups in total. The van der Waals surface area contributed by atoms with E-state index in [2.05, 4.69) is 15.9 Å². The van der Waals surface area contributed by atoms with Crippen molar-refractivity contribution < 1.29 is 14.7 Å². The van der Waals surface area contributed by atoms with Crippen LogP contribution in [0.5, 0.6) is 0 Å². The van der Waals surface area contributed by atoms with Crippen molar-refractivity contribution in [3.8, 4) is 0 Å². The number of carbonyl (C=O) groups is 2. The number of carboxylic acids is 1. The monoisotopic (exact) mass is 340 g/mol. The van der Waals surface area contributed by atoms with Crippen molar-refractivity contribution in [2.75, 3.05) is 20.1 Å². The van der Waals surface area contributed by atoms with Gasteiger partial charge in [-0.1, -0.05) is 28.1 Å². The summed E-state index contributed by atoms with van der Waals surface area (Å²) in [5, 5.41) is 8.91. The van der Waals surface area contributed by atoms with Crippen molar-refractivity contribution in [3.05, 3.63) is 34.3 Å². The predicted octanol–water partition coefficient (Wildman–Crippen LogP) is 1.57. The third-order valence-electron chi connectivity index (χ3n) is 3.48. The number of piperazine rings is 1. The number of aliphatic carboxylic acids is 1. The van der Waals surface area contributed by atoms with E-state index >= 15 is 0 Å². The van der Waals surface area contributed by atoms with Gasteiger partial charge in [0.25, 0.3) is 0 Å². The number of hydrogen-bond acceptors (Lipinski definition) is 3. The van der Waals surface area contributed by atoms with E-state index in [1.54, 1.807) is 11.9 Å². The van der Waals surface area contributed by atoms with Gasteiger partial charge in [-0.3, -0.25) is 14.5 Å². The van der Waals surface area contributed by atoms with Gasteiger partial charge in [-0.05, 0) is 24.7 Å². The Morgan fingerprint density at radius 3 is 2.85 bits per heavy atom. The average Bonchev–Trinajstić information content (AvgIpc) is 2.38. The largest absolute Gasteiger partial charge is 0.481 e. The van der Waals surface area contributed by atoms with Crippen molar-refractivity contribution >= 4 is 27.8 Å². The molecule has 1 aromatic carbocycles. The fourth-order valence-electron chi connectivity index (χ4n) is 2.36. The number of rotatable bonds is 4. The van der Waals surface area contributed by atoms with E-state index < -0.39 is 12.0 Å². The minimum atomic E-state index is -0.945. The minimum absolute atomic E-state index is 0.110. The van der Waals surface area contributed by atoms with Crippen LogP contribution >= 0.6 is 15.9 Å². The number of amides is 1. The molecular formula is C14H17BrN2O3. The zero-order valence-corrected chi connectivity index (χ0v) is 12.8. The maximum atomic E-state index is 12.4. The molecule has 108 valence electrons. The summed E-state index contributed by atoms with van der Waals surface area (Å²) in [5.74, 6) is -1.05. The van der Waals surface area contributed by atoms with Crippen molar-refractivity contribution in [2.24, 2.45) is 0 Å². The first kappa shape index (κ1) is 15.0. The maximum absolute atomic E-state index is 12.4. The second-order valence-corrected chi connectivity index (χ2v) is 5.90. The minimum Gasteiger partial charge on any atom is -0.481 e. The molecule has 0 aliphatic carbocycles. The van der Waals surface area contributed by atoms with Crippen LogP contribution in [0.4, 0.5) is 0 Å². The lowest BCUT2D eigenvalue weighted by Crippen LogP contribution is -2.55. The summed E-state index contributed by atoms with van der Waals surface area (Å²) in [7, 11) is 1.79. The Morgan fingerprint density at radius 1 is 1.45 bits per heavy atom. The Labute approximate surface area is 126 Å². The van der Waals surface area contributed by atoms with Gasteiger partial charge in [0.15, 0.2) is 0 Å². The van der Waals surface area contributed by atoms with Gasteiger partial charge < -0.3 is 10.0 Å². The molecule has 1 atom stereocenters. The SMILES string of the molecule is CN1CCN(Cc2cccc(Br)c2)C(=O)C1CC(=O)O. The Kier molecular flexibility index (Phi) is 4.77. The molecule has 20 heavy (non-hydrogen) atoms. The Hall–Kier alpha value is -1.40. The highest BCUT2D eigenvalue weighted by molar-refractivity contribution is 9.10. The molecule has 5 nitrogen and oxygen atoms in total. The van der Waals surface area contributed by atoms with Gasteiger partial charge in [-0.15, -0.1) is 0 Å². The van der Waals surface area contributed by atoms with Crippen LogP contribution in [-0.2, 0) is 16.1 Å². The normalized spacial score (nSPS) is 20.2. The lowest BCUT2D eigenvalue weighted by atomic mass is 10.1. The molecule has 1 unspecified atom stereocenters. The standard InChI is InChI=1S/C14H17BrN2O3/c1-16-5-6-17(14(20)12(16)8-13(18)19)9-10-3-2-4-11(15)7-10/h2-4,7,12H,5-6,8-9H2,1H3,(H,18,19). The smallest absolute Gasteiger partial charge is 0.305 e. The third-order valence-corrected chi connectivity index (χ3v) is 3.98. The molecular weight excluding hydrogens is 324 g/mol. The van der Waals surface area contributed by atoms with Crippen LogP contribution in [0.2, 0.25) is 0 Å². The van der Waals surface area contributed by atoms with Gasteiger partial charge in [0.05, 0.1) is 12.5 Å². The zero-order chi connectivity index (χ0) is 14.7. The van der Waals surface area contributed by atoms with Crippen LogP contribution in [0, 0.1) is 0 Å². The van der Waals surface area contributed by atoms with E-state index in [9.17, 15) is 9.59 Å². The van der Waals surface area contributed by atoms with Gasteiger partial charge in [0.1, 0.15) is 0 Å². The fourth-order valence-corrected chi connectivity index (χ4v) is 2.81. The number of carbonyl (C=O) groups excluding carboxylic acids is 1. The Bertz CT molecular complexity index is 521. The Balaban J connectivity index is 2.09. The molecule has 1 aliphatic heterocycles.